The van der Waals surface area contributed by atoms with Crippen LogP contribution in [0.1, 0.15) is 21.5 Å². The Morgan fingerprint density at radius 2 is 1.82 bits per heavy atom. The number of hydrogen-bond acceptors (Lipinski definition) is 7. The first kappa shape index (κ1) is 21.1. The standard InChI is InChI=1S/C20H20N2O5S/c1-12-8-14(28-11-21)9-13(2)18(12)22-17(23)10-27-20(24)15-6-5-7-16(25-3)19(15)26-4/h5-9H,10H2,1-4H3,(H,22,23). The molecule has 0 aliphatic carbocycles. The Kier molecular flexibility index (Phi) is 7.29. The zero-order chi connectivity index (χ0) is 20.7. The van der Waals surface area contributed by atoms with Crippen molar-refractivity contribution >= 4 is 29.3 Å². The van der Waals surface area contributed by atoms with Gasteiger partial charge in [0.05, 0.1) is 14.2 Å². The summed E-state index contributed by atoms with van der Waals surface area (Å²) in [4.78, 5) is 25.4. The van der Waals surface area contributed by atoms with Crippen molar-refractivity contribution in [2.75, 3.05) is 26.1 Å². The smallest absolute Gasteiger partial charge is 0.342 e. The second-order valence-electron chi connectivity index (χ2n) is 5.79. The topological polar surface area (TPSA) is 97.6 Å². The van der Waals surface area contributed by atoms with Crippen LogP contribution >= 0.6 is 11.8 Å². The van der Waals surface area contributed by atoms with E-state index < -0.39 is 18.5 Å². The fourth-order valence-corrected chi connectivity index (χ4v) is 3.24. The predicted octanol–water partition coefficient (Wildman–Crippen LogP) is 3.69. The van der Waals surface area contributed by atoms with Crippen LogP contribution in [0.4, 0.5) is 5.69 Å². The number of anilines is 1. The number of thiocyanates is 1. The molecular formula is C20H20N2O5S. The Balaban J connectivity index is 2.06. The average Bonchev–Trinajstić information content (AvgIpc) is 2.68. The van der Waals surface area contributed by atoms with Gasteiger partial charge in [0.25, 0.3) is 5.91 Å². The maximum Gasteiger partial charge on any atom is 0.342 e. The number of nitrogens with one attached hydrogen (secondary N) is 1. The van der Waals surface area contributed by atoms with E-state index in [1.54, 1.807) is 12.1 Å². The minimum absolute atomic E-state index is 0.167. The number of methoxy groups -OCH3 is 2. The van der Waals surface area contributed by atoms with E-state index in [9.17, 15) is 9.59 Å². The monoisotopic (exact) mass is 400 g/mol. The molecule has 0 bridgehead atoms. The zero-order valence-electron chi connectivity index (χ0n) is 16.0. The van der Waals surface area contributed by atoms with E-state index >= 15 is 0 Å². The molecule has 2 aromatic carbocycles. The zero-order valence-corrected chi connectivity index (χ0v) is 16.8. The number of para-hydroxylation sites is 1. The number of rotatable bonds is 7. The molecule has 8 heteroatoms. The number of carbonyl (C=O) groups excluding carboxylic acids is 2. The predicted molar refractivity (Wildman–Crippen MR) is 106 cm³/mol. The SMILES string of the molecule is COc1cccc(C(=O)OCC(=O)Nc2c(C)cc(SC#N)cc2C)c1OC. The highest BCUT2D eigenvalue weighted by Gasteiger charge is 2.19. The normalized spacial score (nSPS) is 9.96. The van der Waals surface area contributed by atoms with E-state index in [1.165, 1.54) is 20.3 Å². The van der Waals surface area contributed by atoms with Gasteiger partial charge in [-0.2, -0.15) is 5.26 Å². The number of ether oxygens (including phenoxy) is 3. The summed E-state index contributed by atoms with van der Waals surface area (Å²) in [6.07, 6.45) is 0. The first-order valence-corrected chi connectivity index (χ1v) is 9.08. The number of thioether (sulfide) groups is 1. The van der Waals surface area contributed by atoms with Gasteiger partial charge in [-0.05, 0) is 61.0 Å². The van der Waals surface area contributed by atoms with E-state index in [2.05, 4.69) is 5.32 Å². The van der Waals surface area contributed by atoms with E-state index in [0.717, 1.165) is 27.8 Å². The quantitative estimate of drug-likeness (QED) is 0.430. The molecule has 2 rings (SSSR count). The van der Waals surface area contributed by atoms with Crippen LogP contribution in [-0.2, 0) is 9.53 Å². The molecule has 2 aromatic rings. The molecule has 146 valence electrons. The molecule has 0 fully saturated rings. The molecule has 1 amide bonds. The van der Waals surface area contributed by atoms with Crippen LogP contribution < -0.4 is 14.8 Å². The summed E-state index contributed by atoms with van der Waals surface area (Å²) in [5.74, 6) is -0.530. The Hall–Kier alpha value is -3.18. The number of esters is 1. The number of benzene rings is 2. The third-order valence-corrected chi connectivity index (χ3v) is 4.45. The molecule has 0 radical (unpaired) electrons. The molecule has 28 heavy (non-hydrogen) atoms. The van der Waals surface area contributed by atoms with Crippen LogP contribution in [-0.4, -0.2) is 32.7 Å². The lowest BCUT2D eigenvalue weighted by atomic mass is 10.1. The van der Waals surface area contributed by atoms with Crippen molar-refractivity contribution in [3.63, 3.8) is 0 Å². The summed E-state index contributed by atoms with van der Waals surface area (Å²) >= 11 is 1.05. The average molecular weight is 400 g/mol. The number of hydrogen-bond donors (Lipinski definition) is 1. The van der Waals surface area contributed by atoms with Gasteiger partial charge in [0.1, 0.15) is 11.0 Å². The fraction of sp³-hybridized carbons (Fsp3) is 0.250. The van der Waals surface area contributed by atoms with Gasteiger partial charge in [0.2, 0.25) is 0 Å². The van der Waals surface area contributed by atoms with Crippen LogP contribution in [0.5, 0.6) is 11.5 Å². The van der Waals surface area contributed by atoms with E-state index in [1.807, 2.05) is 31.4 Å². The largest absolute Gasteiger partial charge is 0.493 e. The third kappa shape index (κ3) is 4.96. The van der Waals surface area contributed by atoms with E-state index in [4.69, 9.17) is 19.5 Å². The summed E-state index contributed by atoms with van der Waals surface area (Å²) in [7, 11) is 2.88. The lowest BCUT2D eigenvalue weighted by Crippen LogP contribution is -2.22. The van der Waals surface area contributed by atoms with E-state index in [-0.39, 0.29) is 11.3 Å². The Labute approximate surface area is 167 Å². The summed E-state index contributed by atoms with van der Waals surface area (Å²) in [6, 6.07) is 8.43. The fourth-order valence-electron chi connectivity index (χ4n) is 2.66. The molecule has 0 saturated heterocycles. The highest BCUT2D eigenvalue weighted by Crippen LogP contribution is 2.31. The number of carbonyl (C=O) groups is 2. The first-order chi connectivity index (χ1) is 13.4. The summed E-state index contributed by atoms with van der Waals surface area (Å²) in [5.41, 5.74) is 2.42. The second kappa shape index (κ2) is 9.67. The number of nitriles is 1. The van der Waals surface area contributed by atoms with Crippen LogP contribution in [0.2, 0.25) is 0 Å². The Morgan fingerprint density at radius 1 is 1.14 bits per heavy atom. The van der Waals surface area contributed by atoms with Gasteiger partial charge in [-0.1, -0.05) is 6.07 Å². The Bertz CT molecular complexity index is 914. The van der Waals surface area contributed by atoms with Crippen molar-refractivity contribution in [2.24, 2.45) is 0 Å². The summed E-state index contributed by atoms with van der Waals surface area (Å²) in [5, 5.41) is 13.5. The van der Waals surface area contributed by atoms with Gasteiger partial charge in [-0.15, -0.1) is 0 Å². The van der Waals surface area contributed by atoms with Gasteiger partial charge < -0.3 is 19.5 Å². The van der Waals surface area contributed by atoms with Crippen molar-refractivity contribution in [1.29, 1.82) is 5.26 Å². The molecule has 7 nitrogen and oxygen atoms in total. The van der Waals surface area contributed by atoms with Crippen molar-refractivity contribution < 1.29 is 23.8 Å². The number of amides is 1. The highest BCUT2D eigenvalue weighted by atomic mass is 32.2. The second-order valence-corrected chi connectivity index (χ2v) is 6.65. The van der Waals surface area contributed by atoms with Gasteiger partial charge in [0.15, 0.2) is 18.1 Å². The molecule has 0 saturated carbocycles. The van der Waals surface area contributed by atoms with Crippen LogP contribution in [0.25, 0.3) is 0 Å². The Morgan fingerprint density at radius 3 is 2.39 bits per heavy atom. The maximum atomic E-state index is 12.3. The highest BCUT2D eigenvalue weighted by molar-refractivity contribution is 8.03. The molecule has 0 aliphatic heterocycles. The van der Waals surface area contributed by atoms with Crippen LogP contribution in [0.15, 0.2) is 35.2 Å². The van der Waals surface area contributed by atoms with Crippen LogP contribution in [0, 0.1) is 24.5 Å². The van der Waals surface area contributed by atoms with Crippen molar-refractivity contribution in [1.82, 2.24) is 0 Å². The minimum atomic E-state index is -0.694. The van der Waals surface area contributed by atoms with Crippen molar-refractivity contribution in [2.45, 2.75) is 18.7 Å². The van der Waals surface area contributed by atoms with Crippen molar-refractivity contribution in [3.8, 4) is 16.9 Å². The molecule has 0 unspecified atom stereocenters. The van der Waals surface area contributed by atoms with Crippen molar-refractivity contribution in [3.05, 3.63) is 47.0 Å². The lowest BCUT2D eigenvalue weighted by molar-refractivity contribution is -0.119. The number of aryl methyl sites for hydroxylation is 2. The number of nitrogens with zero attached hydrogens (tertiary/aromatic N) is 1. The summed E-state index contributed by atoms with van der Waals surface area (Å²) in [6.45, 7) is 3.21. The molecule has 0 aliphatic rings. The lowest BCUT2D eigenvalue weighted by Gasteiger charge is -2.14. The maximum absolute atomic E-state index is 12.3. The van der Waals surface area contributed by atoms with Gasteiger partial charge in [-0.3, -0.25) is 4.79 Å². The third-order valence-electron chi connectivity index (χ3n) is 3.89. The van der Waals surface area contributed by atoms with Gasteiger partial charge in [0, 0.05) is 10.6 Å². The minimum Gasteiger partial charge on any atom is -0.493 e. The van der Waals surface area contributed by atoms with E-state index in [0.29, 0.717) is 11.4 Å². The first-order valence-electron chi connectivity index (χ1n) is 8.26. The van der Waals surface area contributed by atoms with Gasteiger partial charge in [-0.25, -0.2) is 4.79 Å². The molecule has 0 atom stereocenters. The molecular weight excluding hydrogens is 380 g/mol. The van der Waals surface area contributed by atoms with Gasteiger partial charge >= 0.3 is 5.97 Å². The molecule has 1 N–H and O–H groups in total. The summed E-state index contributed by atoms with van der Waals surface area (Å²) < 4.78 is 15.5. The molecule has 0 heterocycles. The molecule has 0 spiro atoms. The molecule has 0 aromatic heterocycles. The van der Waals surface area contributed by atoms with Crippen LogP contribution in [0.3, 0.4) is 0 Å².